The maximum Gasteiger partial charge on any atom is 0.335 e. The number of carboxylic acid groups (broad SMARTS) is 1. The van der Waals surface area contributed by atoms with Crippen LogP contribution < -0.4 is 9.64 Å². The van der Waals surface area contributed by atoms with E-state index in [0.29, 0.717) is 39.0 Å². The summed E-state index contributed by atoms with van der Waals surface area (Å²) in [5, 5.41) is 10.8. The van der Waals surface area contributed by atoms with E-state index < -0.39 is 17.3 Å². The number of aromatic carboxylic acids is 1. The molecule has 3 aliphatic rings. The summed E-state index contributed by atoms with van der Waals surface area (Å²) in [5.41, 5.74) is 4.87. The van der Waals surface area contributed by atoms with Crippen LogP contribution in [0.1, 0.15) is 58.8 Å². The molecule has 1 spiro atoms. The number of alkyl halides is 2. The summed E-state index contributed by atoms with van der Waals surface area (Å²) >= 11 is 0. The van der Waals surface area contributed by atoms with Gasteiger partial charge in [-0.05, 0) is 67.1 Å². The van der Waals surface area contributed by atoms with Crippen LogP contribution in [0.5, 0.6) is 5.75 Å². The van der Waals surface area contributed by atoms with Crippen LogP contribution in [0.3, 0.4) is 0 Å². The van der Waals surface area contributed by atoms with E-state index in [1.165, 1.54) is 0 Å². The van der Waals surface area contributed by atoms with Crippen LogP contribution in [-0.4, -0.2) is 66.8 Å². The van der Waals surface area contributed by atoms with Crippen LogP contribution in [0.4, 0.5) is 14.5 Å². The molecule has 1 saturated carbocycles. The van der Waals surface area contributed by atoms with Gasteiger partial charge in [-0.15, -0.1) is 0 Å². The Kier molecular flexibility index (Phi) is 6.34. The second-order valence-corrected chi connectivity index (χ2v) is 11.6. The van der Waals surface area contributed by atoms with Crippen molar-refractivity contribution >= 4 is 22.6 Å². The molecule has 9 heteroatoms. The zero-order valence-electron chi connectivity index (χ0n) is 22.6. The number of rotatable bonds is 7. The summed E-state index contributed by atoms with van der Waals surface area (Å²) in [6, 6.07) is 9.22. The molecule has 2 aliphatic heterocycles. The van der Waals surface area contributed by atoms with Crippen molar-refractivity contribution < 1.29 is 28.2 Å². The standard InChI is InChI=1S/C30H35F2N3O4/c1-18-10-26(39-3)23(21-6-8-33-27(18)21)15-34-9-7-29(16-30(31,32)17-29)12-25(34)22-5-4-19(28(36)37)11-24(22)35-13-20(14-35)38-2/h4-6,8,10-11,20,25,33H,7,9,12-17H2,1-3H3,(H,36,37)/t25-/m0/s1. The number of aryl methyl sites for hydroxylation is 1. The van der Waals surface area contributed by atoms with Gasteiger partial charge in [0.2, 0.25) is 5.92 Å². The molecular formula is C30H35F2N3O4. The summed E-state index contributed by atoms with van der Waals surface area (Å²) < 4.78 is 39.7. The van der Waals surface area contributed by atoms with Crippen LogP contribution >= 0.6 is 0 Å². The minimum absolute atomic E-state index is 0.0851. The zero-order valence-corrected chi connectivity index (χ0v) is 22.6. The Bertz CT molecular complexity index is 1410. The molecule has 3 aromatic rings. The number of piperidine rings is 1. The fourth-order valence-corrected chi connectivity index (χ4v) is 7.04. The maximum atomic E-state index is 14.2. The minimum Gasteiger partial charge on any atom is -0.496 e. The third-order valence-electron chi connectivity index (χ3n) is 9.11. The van der Waals surface area contributed by atoms with Gasteiger partial charge in [-0.1, -0.05) is 6.07 Å². The van der Waals surface area contributed by atoms with E-state index in [1.807, 2.05) is 25.3 Å². The Balaban J connectivity index is 1.41. The van der Waals surface area contributed by atoms with E-state index in [4.69, 9.17) is 9.47 Å². The molecule has 2 aromatic carbocycles. The highest BCUT2D eigenvalue weighted by molar-refractivity contribution is 5.89. The number of anilines is 1. The molecule has 0 unspecified atom stereocenters. The van der Waals surface area contributed by atoms with Gasteiger partial charge in [0.05, 0.1) is 18.8 Å². The average molecular weight is 540 g/mol. The lowest BCUT2D eigenvalue weighted by Gasteiger charge is -2.55. The molecule has 0 bridgehead atoms. The number of carbonyl (C=O) groups is 1. The van der Waals surface area contributed by atoms with Gasteiger partial charge < -0.3 is 24.5 Å². The van der Waals surface area contributed by atoms with Crippen molar-refractivity contribution in [2.24, 2.45) is 5.41 Å². The molecule has 1 atom stereocenters. The quantitative estimate of drug-likeness (QED) is 0.397. The number of nitrogens with one attached hydrogen (secondary N) is 1. The number of methoxy groups -OCH3 is 2. The predicted octanol–water partition coefficient (Wildman–Crippen LogP) is 5.77. The van der Waals surface area contributed by atoms with Gasteiger partial charge in [0, 0.05) is 74.0 Å². The number of aromatic amines is 1. The third kappa shape index (κ3) is 4.55. The van der Waals surface area contributed by atoms with Crippen LogP contribution in [0, 0.1) is 12.3 Å². The number of fused-ring (bicyclic) bond motifs is 1. The Morgan fingerprint density at radius 3 is 2.62 bits per heavy atom. The Morgan fingerprint density at radius 1 is 1.18 bits per heavy atom. The highest BCUT2D eigenvalue weighted by Crippen LogP contribution is 2.61. The van der Waals surface area contributed by atoms with E-state index >= 15 is 0 Å². The number of ether oxygens (including phenoxy) is 2. The fourth-order valence-electron chi connectivity index (χ4n) is 7.04. The highest BCUT2D eigenvalue weighted by atomic mass is 19.3. The minimum atomic E-state index is -2.61. The van der Waals surface area contributed by atoms with Crippen LogP contribution in [-0.2, 0) is 11.3 Å². The van der Waals surface area contributed by atoms with Crippen molar-refractivity contribution in [2.75, 3.05) is 38.8 Å². The number of hydrogen-bond acceptors (Lipinski definition) is 5. The summed E-state index contributed by atoms with van der Waals surface area (Å²) in [6.07, 6.45) is 3.16. The molecule has 3 fully saturated rings. The first-order chi connectivity index (χ1) is 18.6. The molecular weight excluding hydrogens is 504 g/mol. The van der Waals surface area contributed by atoms with Crippen molar-refractivity contribution in [3.05, 3.63) is 58.8 Å². The summed E-state index contributed by atoms with van der Waals surface area (Å²) in [7, 11) is 3.35. The van der Waals surface area contributed by atoms with Gasteiger partial charge >= 0.3 is 5.97 Å². The lowest BCUT2D eigenvalue weighted by atomic mass is 9.58. The number of aromatic nitrogens is 1. The van der Waals surface area contributed by atoms with E-state index in [2.05, 4.69) is 20.9 Å². The van der Waals surface area contributed by atoms with Gasteiger partial charge in [0.1, 0.15) is 5.75 Å². The number of likely N-dealkylation sites (tertiary alicyclic amines) is 1. The van der Waals surface area contributed by atoms with E-state index in [9.17, 15) is 18.7 Å². The Morgan fingerprint density at radius 2 is 1.95 bits per heavy atom. The second-order valence-electron chi connectivity index (χ2n) is 11.6. The number of halogens is 2. The summed E-state index contributed by atoms with van der Waals surface area (Å²) in [6.45, 7) is 4.64. The van der Waals surface area contributed by atoms with Gasteiger partial charge in [0.25, 0.3) is 0 Å². The molecule has 39 heavy (non-hydrogen) atoms. The number of hydrogen-bond donors (Lipinski definition) is 2. The van der Waals surface area contributed by atoms with Crippen LogP contribution in [0.25, 0.3) is 10.9 Å². The first-order valence-corrected chi connectivity index (χ1v) is 13.5. The van der Waals surface area contributed by atoms with Crippen LogP contribution in [0.2, 0.25) is 0 Å². The topological polar surface area (TPSA) is 78.0 Å². The number of nitrogens with zero attached hydrogens (tertiary/aromatic N) is 2. The molecule has 2 saturated heterocycles. The second kappa shape index (κ2) is 9.48. The molecule has 6 rings (SSSR count). The molecule has 3 heterocycles. The van der Waals surface area contributed by atoms with E-state index in [0.717, 1.165) is 39.0 Å². The summed E-state index contributed by atoms with van der Waals surface area (Å²) in [4.78, 5) is 19.7. The lowest BCUT2D eigenvalue weighted by Crippen LogP contribution is -2.54. The fraction of sp³-hybridized carbons (Fsp3) is 0.500. The maximum absolute atomic E-state index is 14.2. The zero-order chi connectivity index (χ0) is 27.5. The Labute approximate surface area is 226 Å². The number of carboxylic acids is 1. The van der Waals surface area contributed by atoms with Gasteiger partial charge in [-0.2, -0.15) is 0 Å². The smallest absolute Gasteiger partial charge is 0.335 e. The van der Waals surface area contributed by atoms with Gasteiger partial charge in [-0.3, -0.25) is 4.90 Å². The lowest BCUT2D eigenvalue weighted by molar-refractivity contribution is -0.186. The molecule has 7 nitrogen and oxygen atoms in total. The monoisotopic (exact) mass is 539 g/mol. The SMILES string of the molecule is COc1cc(C)c2[nH]ccc2c1CN1CCC2(C[C@H]1c1ccc(C(=O)O)cc1N1CC(OC)C1)CC(F)(F)C2. The van der Waals surface area contributed by atoms with Gasteiger partial charge in [-0.25, -0.2) is 13.6 Å². The highest BCUT2D eigenvalue weighted by Gasteiger charge is 2.58. The number of benzene rings is 2. The van der Waals surface area contributed by atoms with E-state index in [-0.39, 0.29) is 30.6 Å². The molecule has 208 valence electrons. The predicted molar refractivity (Wildman–Crippen MR) is 145 cm³/mol. The molecule has 1 aromatic heterocycles. The first-order valence-electron chi connectivity index (χ1n) is 13.5. The number of H-pyrrole nitrogens is 1. The normalized spacial score (nSPS) is 22.6. The Hall–Kier alpha value is -3.17. The molecule has 0 radical (unpaired) electrons. The van der Waals surface area contributed by atoms with Crippen molar-refractivity contribution in [1.82, 2.24) is 9.88 Å². The van der Waals surface area contributed by atoms with Crippen molar-refractivity contribution in [1.29, 1.82) is 0 Å². The third-order valence-corrected chi connectivity index (χ3v) is 9.11. The molecule has 1 aliphatic carbocycles. The average Bonchev–Trinajstić information content (AvgIpc) is 3.35. The largest absolute Gasteiger partial charge is 0.496 e. The van der Waals surface area contributed by atoms with Gasteiger partial charge in [0.15, 0.2) is 0 Å². The first kappa shape index (κ1) is 26.1. The molecule has 0 amide bonds. The van der Waals surface area contributed by atoms with Crippen molar-refractivity contribution in [3.63, 3.8) is 0 Å². The van der Waals surface area contributed by atoms with Crippen molar-refractivity contribution in [2.45, 2.75) is 57.2 Å². The van der Waals surface area contributed by atoms with Crippen molar-refractivity contribution in [3.8, 4) is 5.75 Å². The molecule has 2 N–H and O–H groups in total. The van der Waals surface area contributed by atoms with Crippen LogP contribution in [0.15, 0.2) is 36.5 Å². The van der Waals surface area contributed by atoms with E-state index in [1.54, 1.807) is 26.4 Å². The summed E-state index contributed by atoms with van der Waals surface area (Å²) in [5.74, 6) is -2.79.